The largest absolute Gasteiger partial charge is 0.508 e. The maximum Gasteiger partial charge on any atom is 0.326 e. The quantitative estimate of drug-likeness (QED) is 0.0282. The van der Waals surface area contributed by atoms with Gasteiger partial charge in [-0.25, -0.2) is 4.79 Å². The van der Waals surface area contributed by atoms with Gasteiger partial charge < -0.3 is 109 Å². The molecule has 3 aliphatic rings. The van der Waals surface area contributed by atoms with Gasteiger partial charge in [0.25, 0.3) is 0 Å². The van der Waals surface area contributed by atoms with E-state index < -0.39 is 243 Å². The van der Waals surface area contributed by atoms with Gasteiger partial charge in [0.15, 0.2) is 0 Å². The van der Waals surface area contributed by atoms with Gasteiger partial charge in [-0.15, -0.1) is 0 Å². The Kier molecular flexibility index (Phi) is 34.8. The van der Waals surface area contributed by atoms with Crippen LogP contribution in [0.5, 0.6) is 11.5 Å². The SMILES string of the molecule is COC(=O)CC[C@@H]1NC(=O)[C@@H](Cc2ccccc2)NC(=O)[C@@H]2CC(=O)O[C@H](C)[C@H](NC(=O)[C@H](CO)NC(=O)[C@H](Cc3ccccc3)NC(C)=O)C(=O)N[C@@H](Cc3ccc(O)cc3)C(=O)N[C@@H](CCCCNC(=O)C[C@@H](C(=O)N[C@@H](Cc3ccccc3)C(=O)O)NC1=O)C(=O)N[C@@H](Cc1ccc(O)cc1)C(=O)N1CCC[C@H]1C(=O)N[C@@H](CO)C(=O)N2. The molecule has 120 heavy (non-hydrogen) atoms. The topological polar surface area (TPSA) is 569 Å². The van der Waals surface area contributed by atoms with Crippen molar-refractivity contribution in [3.05, 3.63) is 167 Å². The predicted molar refractivity (Wildman–Crippen MR) is 422 cm³/mol. The van der Waals surface area contributed by atoms with Crippen LogP contribution in [-0.4, -0.2) is 249 Å². The number of ether oxygens (including phenoxy) is 2. The Bertz CT molecular complexity index is 4470. The van der Waals surface area contributed by atoms with E-state index in [1.54, 1.807) is 78.9 Å². The van der Waals surface area contributed by atoms with Gasteiger partial charge in [-0.2, -0.15) is 0 Å². The number of esters is 2. The van der Waals surface area contributed by atoms with Crippen molar-refractivity contribution < 1.29 is 117 Å². The summed E-state index contributed by atoms with van der Waals surface area (Å²) in [6, 6.07) is 10.4. The van der Waals surface area contributed by atoms with Crippen LogP contribution in [0.15, 0.2) is 140 Å². The number of amides is 14. The molecule has 38 nitrogen and oxygen atoms in total. The van der Waals surface area contributed by atoms with Gasteiger partial charge in [0.2, 0.25) is 82.7 Å². The Morgan fingerprint density at radius 2 is 1.01 bits per heavy atom. The monoisotopic (exact) mass is 1660 g/mol. The normalized spacial score (nSPS) is 23.2. The minimum atomic E-state index is -2.31. The minimum Gasteiger partial charge on any atom is -0.508 e. The summed E-state index contributed by atoms with van der Waals surface area (Å²) < 4.78 is 10.7. The number of nitrogens with zero attached hydrogens (tertiary/aromatic N) is 1. The molecule has 0 saturated carbocycles. The predicted octanol–water partition coefficient (Wildman–Crippen LogP) is -3.51. The fourth-order valence-electron chi connectivity index (χ4n) is 13.6. The number of carboxylic acid groups (broad SMARTS) is 1. The molecule has 3 saturated heterocycles. The molecule has 5 aromatic carbocycles. The van der Waals surface area contributed by atoms with Crippen molar-refractivity contribution in [1.82, 2.24) is 74.0 Å². The lowest BCUT2D eigenvalue weighted by Crippen LogP contribution is -2.63. The van der Waals surface area contributed by atoms with Crippen LogP contribution in [0.1, 0.15) is 99.5 Å². The summed E-state index contributed by atoms with van der Waals surface area (Å²) in [5.74, 6) is -20.7. The van der Waals surface area contributed by atoms with Crippen molar-refractivity contribution >= 4 is 101 Å². The average molecular weight is 1670 g/mol. The number of aliphatic hydroxyl groups excluding tert-OH is 2. The molecule has 2 bridgehead atoms. The molecule has 3 heterocycles. The number of rotatable bonds is 23. The molecule has 0 aliphatic carbocycles. The number of aliphatic carboxylic acids is 1. The van der Waals surface area contributed by atoms with E-state index in [1.165, 1.54) is 60.7 Å². The van der Waals surface area contributed by atoms with Crippen LogP contribution in [0.4, 0.5) is 0 Å². The summed E-state index contributed by atoms with van der Waals surface area (Å²) in [5.41, 5.74) is 1.84. The zero-order valence-electron chi connectivity index (χ0n) is 66.0. The minimum absolute atomic E-state index is 0.0793. The molecule has 5 aromatic rings. The van der Waals surface area contributed by atoms with Crippen LogP contribution in [-0.2, 0) is 123 Å². The zero-order valence-corrected chi connectivity index (χ0v) is 66.0. The number of fused-ring (bicyclic) bond motifs is 12. The number of hydrogen-bond acceptors (Lipinski definition) is 23. The van der Waals surface area contributed by atoms with Gasteiger partial charge in [0.05, 0.1) is 33.2 Å². The van der Waals surface area contributed by atoms with Crippen molar-refractivity contribution in [1.29, 1.82) is 0 Å². The second-order valence-electron chi connectivity index (χ2n) is 29.1. The second kappa shape index (κ2) is 45.4. The third-order valence-electron chi connectivity index (χ3n) is 20.0. The Morgan fingerprint density at radius 3 is 1.57 bits per heavy atom. The maximum atomic E-state index is 15.5. The van der Waals surface area contributed by atoms with E-state index in [1.807, 2.05) is 0 Å². The molecule has 642 valence electrons. The van der Waals surface area contributed by atoms with E-state index in [0.717, 1.165) is 25.9 Å². The van der Waals surface area contributed by atoms with E-state index in [-0.39, 0.29) is 75.1 Å². The number of carbonyl (C=O) groups is 17. The molecule has 8 rings (SSSR count). The van der Waals surface area contributed by atoms with Crippen molar-refractivity contribution in [2.45, 2.75) is 188 Å². The van der Waals surface area contributed by atoms with Gasteiger partial charge >= 0.3 is 17.9 Å². The standard InChI is InChI=1S/C82H100N14O24/c1-45-69(95-78(113)64(44-98)93-72(107)56(84-46(2)99)36-47-16-7-4-8-17-47)80(115)90-58(38-50-24-28-52(100)29-25-50)74(109)85-54-22-13-14-34-83-66(102)41-59(75(110)92-62(82(117)118)40-49-20-11-6-12-21-49)88-71(106)55(32-33-67(103)119-3)86-73(108)57(37-48-18-9-5-10-19-48)87-76(111)60(42-68(104)120-45)89-77(112)63(43-97)94-79(114)65-23-15-35-96(65)81(116)61(91-70(54)105)39-51-26-30-53(101)31-27-51/h4-12,16-21,24-31,45,54-65,69,97-98,100-101H,13-15,22-23,32-44H2,1-3H3,(H,83,102)(H,84,99)(H,85,109)(H,86,108)(H,87,111)(H,88,106)(H,89,112)(H,90,115)(H,91,105)(H,92,110)(H,93,107)(H,94,114)(H,95,113)(H,117,118)/t45-,54+,55+,56+,57-,58+,59+,60+,61+,62+,63+,64+,65+,69+/m1/s1. The molecule has 0 aromatic heterocycles. The number of methoxy groups -OCH3 is 1. The van der Waals surface area contributed by atoms with Crippen molar-refractivity contribution in [3.8, 4) is 11.5 Å². The Morgan fingerprint density at radius 1 is 0.508 bits per heavy atom. The number of aromatic hydroxyl groups is 2. The van der Waals surface area contributed by atoms with E-state index in [0.29, 0.717) is 22.3 Å². The van der Waals surface area contributed by atoms with Crippen LogP contribution < -0.4 is 69.1 Å². The molecule has 14 atom stereocenters. The molecular weight excluding hydrogens is 1560 g/mol. The Balaban J connectivity index is 1.29. The number of carbonyl (C=O) groups excluding carboxylic acids is 16. The van der Waals surface area contributed by atoms with E-state index >= 15 is 28.8 Å². The number of phenolic OH excluding ortho intramolecular Hbond substituents is 2. The first-order valence-electron chi connectivity index (χ1n) is 39.0. The van der Waals surface area contributed by atoms with Crippen LogP contribution in [0, 0.1) is 0 Å². The second-order valence-corrected chi connectivity index (χ2v) is 29.1. The summed E-state index contributed by atoms with van der Waals surface area (Å²) in [6.45, 7) is -0.759. The molecule has 0 unspecified atom stereocenters. The Labute approximate surface area is 688 Å². The van der Waals surface area contributed by atoms with Crippen molar-refractivity contribution in [3.63, 3.8) is 0 Å². The molecular formula is C82H100N14O24. The summed E-state index contributed by atoms with van der Waals surface area (Å²) in [6.07, 6.45) is -7.96. The van der Waals surface area contributed by atoms with Gasteiger partial charge in [0, 0.05) is 58.5 Å². The maximum absolute atomic E-state index is 15.5. The van der Waals surface area contributed by atoms with Crippen molar-refractivity contribution in [2.24, 2.45) is 0 Å². The lowest BCUT2D eigenvalue weighted by atomic mass is 10.0. The smallest absolute Gasteiger partial charge is 0.326 e. The van der Waals surface area contributed by atoms with Crippen LogP contribution in [0.25, 0.3) is 0 Å². The highest BCUT2D eigenvalue weighted by molar-refractivity contribution is 6.02. The first-order valence-corrected chi connectivity index (χ1v) is 39.0. The van der Waals surface area contributed by atoms with Crippen LogP contribution >= 0.6 is 0 Å². The summed E-state index contributed by atoms with van der Waals surface area (Å²) in [4.78, 5) is 249. The van der Waals surface area contributed by atoms with Crippen LogP contribution in [0.2, 0.25) is 0 Å². The highest BCUT2D eigenvalue weighted by atomic mass is 16.5. The molecule has 0 spiro atoms. The number of nitrogens with one attached hydrogen (secondary N) is 13. The number of phenols is 2. The molecule has 38 heteroatoms. The Hall–Kier alpha value is -13.4. The molecule has 18 N–H and O–H groups in total. The first-order chi connectivity index (χ1) is 57.4. The summed E-state index contributed by atoms with van der Waals surface area (Å²) in [7, 11) is 1.02. The number of benzene rings is 5. The number of aliphatic hydroxyl groups is 2. The zero-order chi connectivity index (χ0) is 87.1. The third kappa shape index (κ3) is 28.2. The molecule has 3 fully saturated rings. The fourth-order valence-corrected chi connectivity index (χ4v) is 13.6. The van der Waals surface area contributed by atoms with Gasteiger partial charge in [-0.1, -0.05) is 115 Å². The lowest BCUT2D eigenvalue weighted by molar-refractivity contribution is -0.154. The highest BCUT2D eigenvalue weighted by Crippen LogP contribution is 2.23. The first kappa shape index (κ1) is 92.1. The summed E-state index contributed by atoms with van der Waals surface area (Å²) in [5, 5.41) is 84.9. The lowest BCUT2D eigenvalue weighted by Gasteiger charge is -2.31. The average Bonchev–Trinajstić information content (AvgIpc) is 1.64. The van der Waals surface area contributed by atoms with Crippen LogP contribution in [0.3, 0.4) is 0 Å². The van der Waals surface area contributed by atoms with E-state index in [4.69, 9.17) is 9.47 Å². The van der Waals surface area contributed by atoms with Gasteiger partial charge in [-0.3, -0.25) is 76.7 Å². The van der Waals surface area contributed by atoms with Crippen molar-refractivity contribution in [2.75, 3.05) is 33.4 Å². The van der Waals surface area contributed by atoms with Gasteiger partial charge in [-0.05, 0) is 97.5 Å². The van der Waals surface area contributed by atoms with E-state index in [2.05, 4.69) is 69.1 Å². The number of hydrogen-bond donors (Lipinski definition) is 18. The molecule has 14 amide bonds. The highest BCUT2D eigenvalue weighted by Gasteiger charge is 2.43. The van der Waals surface area contributed by atoms with Gasteiger partial charge in [0.1, 0.15) is 96.1 Å². The molecule has 0 radical (unpaired) electrons. The molecule has 3 aliphatic heterocycles. The summed E-state index contributed by atoms with van der Waals surface area (Å²) >= 11 is 0. The number of carboxylic acids is 1. The van der Waals surface area contributed by atoms with E-state index in [9.17, 15) is 78.3 Å². The fraction of sp³-hybridized carbons (Fsp3) is 0.427. The third-order valence-corrected chi connectivity index (χ3v) is 20.0.